The molecule has 0 aliphatic heterocycles. The van der Waals surface area contributed by atoms with Gasteiger partial charge >= 0.3 is 0 Å². The van der Waals surface area contributed by atoms with Gasteiger partial charge in [-0.25, -0.2) is 9.78 Å². The van der Waals surface area contributed by atoms with Crippen molar-refractivity contribution in [3.05, 3.63) is 0 Å². The Morgan fingerprint density at radius 3 is 0.808 bits per heavy atom. The Kier molecular flexibility index (Phi) is 8.09. The zero-order valence-electron chi connectivity index (χ0n) is 20.6. The van der Waals surface area contributed by atoms with Crippen LogP contribution in [0.2, 0.25) is 0 Å². The molecule has 0 unspecified atom stereocenters. The Bertz CT molecular complexity index is 386. The summed E-state index contributed by atoms with van der Waals surface area (Å²) < 4.78 is 0. The second kappa shape index (κ2) is 8.11. The quantitative estimate of drug-likeness (QED) is 0.301. The van der Waals surface area contributed by atoms with Crippen LogP contribution in [-0.4, -0.2) is 11.2 Å². The van der Waals surface area contributed by atoms with Gasteiger partial charge in [0.05, 0.1) is 11.2 Å². The van der Waals surface area contributed by atoms with E-state index in [9.17, 15) is 0 Å². The fraction of sp³-hybridized carbons (Fsp3) is 1.00. The Morgan fingerprint density at radius 1 is 0.385 bits per heavy atom. The number of hydrogen-bond donors (Lipinski definition) is 0. The Morgan fingerprint density at radius 2 is 0.615 bits per heavy atom. The molecule has 0 radical (unpaired) electrons. The van der Waals surface area contributed by atoms with Crippen LogP contribution >= 0.6 is 0 Å². The lowest BCUT2D eigenvalue weighted by Gasteiger charge is -2.41. The fourth-order valence-electron chi connectivity index (χ4n) is 5.59. The molecule has 158 valence electrons. The zero-order valence-corrected chi connectivity index (χ0v) is 20.6. The van der Waals surface area contributed by atoms with E-state index in [1.807, 2.05) is 0 Å². The van der Waals surface area contributed by atoms with Gasteiger partial charge in [0.2, 0.25) is 0 Å². The van der Waals surface area contributed by atoms with Gasteiger partial charge in [-0.2, -0.15) is 0 Å². The van der Waals surface area contributed by atoms with Gasteiger partial charge in [-0.05, 0) is 75.0 Å². The van der Waals surface area contributed by atoms with Crippen LogP contribution in [0.5, 0.6) is 0 Å². The van der Waals surface area contributed by atoms with Crippen molar-refractivity contribution >= 4 is 0 Å². The summed E-state index contributed by atoms with van der Waals surface area (Å²) in [6.45, 7) is 31.8. The summed E-state index contributed by atoms with van der Waals surface area (Å²) >= 11 is 0. The van der Waals surface area contributed by atoms with E-state index in [-0.39, 0.29) is 22.0 Å². The molecule has 0 aliphatic carbocycles. The Labute approximate surface area is 165 Å². The molecule has 0 atom stereocenters. The van der Waals surface area contributed by atoms with E-state index in [4.69, 9.17) is 9.78 Å². The highest BCUT2D eigenvalue weighted by molar-refractivity contribution is 4.85. The molecule has 0 saturated heterocycles. The van der Waals surface area contributed by atoms with E-state index in [2.05, 4.69) is 96.9 Å². The maximum Gasteiger partial charge on any atom is 0.0985 e. The van der Waals surface area contributed by atoms with E-state index >= 15 is 0 Å². The predicted octanol–water partition coefficient (Wildman–Crippen LogP) is 8.20. The smallest absolute Gasteiger partial charge is 0.0985 e. The molecule has 0 saturated carbocycles. The minimum atomic E-state index is -0.305. The van der Waals surface area contributed by atoms with Crippen LogP contribution in [0.1, 0.15) is 123 Å². The molecule has 2 nitrogen and oxygen atoms in total. The van der Waals surface area contributed by atoms with Gasteiger partial charge in [-0.1, -0.05) is 69.2 Å². The molecule has 0 aromatic heterocycles. The standard InChI is InChI=1S/C24H50O2/c1-19(2,3)15-21(7,8)17-23(11,12)25-26-24(13,14)18-22(9,10)16-20(4,5)6/h15-18H2,1-14H3. The average Bonchev–Trinajstić information content (AvgIpc) is 2.15. The third-order valence-corrected chi connectivity index (χ3v) is 4.32. The highest BCUT2D eigenvalue weighted by Crippen LogP contribution is 2.42. The minimum Gasteiger partial charge on any atom is -0.230 e. The van der Waals surface area contributed by atoms with Crippen molar-refractivity contribution in [2.45, 2.75) is 134 Å². The molecule has 26 heavy (non-hydrogen) atoms. The molecule has 0 amide bonds. The van der Waals surface area contributed by atoms with E-state index < -0.39 is 0 Å². The summed E-state index contributed by atoms with van der Waals surface area (Å²) in [5, 5.41) is 0. The van der Waals surface area contributed by atoms with Gasteiger partial charge in [0.25, 0.3) is 0 Å². The molecule has 0 heterocycles. The van der Waals surface area contributed by atoms with Crippen molar-refractivity contribution in [3.8, 4) is 0 Å². The largest absolute Gasteiger partial charge is 0.230 e. The van der Waals surface area contributed by atoms with E-state index in [0.29, 0.717) is 10.8 Å². The average molecular weight is 371 g/mol. The first kappa shape index (κ1) is 25.9. The highest BCUT2D eigenvalue weighted by atomic mass is 17.2. The lowest BCUT2D eigenvalue weighted by molar-refractivity contribution is -0.408. The normalized spacial score (nSPS) is 15.5. The molecular weight excluding hydrogens is 320 g/mol. The van der Waals surface area contributed by atoms with Gasteiger partial charge in [0.15, 0.2) is 0 Å². The van der Waals surface area contributed by atoms with E-state index in [1.54, 1.807) is 0 Å². The summed E-state index contributed by atoms with van der Waals surface area (Å²) in [7, 11) is 0. The first-order valence-corrected chi connectivity index (χ1v) is 10.4. The van der Waals surface area contributed by atoms with Gasteiger partial charge in [0, 0.05) is 0 Å². The zero-order chi connectivity index (χ0) is 21.2. The first-order valence-electron chi connectivity index (χ1n) is 10.4. The SMILES string of the molecule is CC(C)(C)CC(C)(C)CC(C)(C)OOC(C)(C)CC(C)(C)CC(C)(C)C. The lowest BCUT2D eigenvalue weighted by atomic mass is 9.71. The van der Waals surface area contributed by atoms with Crippen molar-refractivity contribution in [1.29, 1.82) is 0 Å². The van der Waals surface area contributed by atoms with E-state index in [1.165, 1.54) is 0 Å². The molecule has 0 aliphatic rings. The van der Waals surface area contributed by atoms with Crippen molar-refractivity contribution in [2.24, 2.45) is 21.7 Å². The molecule has 0 rings (SSSR count). The first-order chi connectivity index (χ1) is 11.0. The summed E-state index contributed by atoms with van der Waals surface area (Å²) in [6, 6.07) is 0. The monoisotopic (exact) mass is 370 g/mol. The molecule has 2 heteroatoms. The maximum absolute atomic E-state index is 6.02. The van der Waals surface area contributed by atoms with Gasteiger partial charge < -0.3 is 0 Å². The summed E-state index contributed by atoms with van der Waals surface area (Å²) in [5.41, 5.74) is 0.440. The van der Waals surface area contributed by atoms with Gasteiger partial charge in [-0.15, -0.1) is 0 Å². The Hall–Kier alpha value is -0.0800. The van der Waals surface area contributed by atoms with Crippen molar-refractivity contribution in [2.75, 3.05) is 0 Å². The lowest BCUT2D eigenvalue weighted by Crippen LogP contribution is -2.39. The molecule has 0 bridgehead atoms. The molecule has 0 fully saturated rings. The highest BCUT2D eigenvalue weighted by Gasteiger charge is 2.37. The summed E-state index contributed by atoms with van der Waals surface area (Å²) in [4.78, 5) is 12.0. The Balaban J connectivity index is 4.82. The molecule has 0 aromatic carbocycles. The van der Waals surface area contributed by atoms with Crippen molar-refractivity contribution < 1.29 is 9.78 Å². The number of hydrogen-bond acceptors (Lipinski definition) is 2. The van der Waals surface area contributed by atoms with Crippen LogP contribution in [0.4, 0.5) is 0 Å². The fourth-order valence-corrected chi connectivity index (χ4v) is 5.59. The minimum absolute atomic E-state index is 0.209. The molecule has 0 N–H and O–H groups in total. The summed E-state index contributed by atoms with van der Waals surface area (Å²) in [6.07, 6.45) is 4.26. The second-order valence-electron chi connectivity index (χ2n) is 13.8. The van der Waals surface area contributed by atoms with Crippen molar-refractivity contribution in [1.82, 2.24) is 0 Å². The van der Waals surface area contributed by atoms with Crippen LogP contribution in [0.15, 0.2) is 0 Å². The van der Waals surface area contributed by atoms with E-state index in [0.717, 1.165) is 25.7 Å². The third-order valence-electron chi connectivity index (χ3n) is 4.32. The van der Waals surface area contributed by atoms with Crippen LogP contribution in [-0.2, 0) is 9.78 Å². The van der Waals surface area contributed by atoms with Gasteiger partial charge in [0.1, 0.15) is 0 Å². The molecule has 0 spiro atoms. The van der Waals surface area contributed by atoms with Crippen LogP contribution < -0.4 is 0 Å². The van der Waals surface area contributed by atoms with Gasteiger partial charge in [-0.3, -0.25) is 0 Å². The second-order valence-corrected chi connectivity index (χ2v) is 13.8. The van der Waals surface area contributed by atoms with Crippen molar-refractivity contribution in [3.63, 3.8) is 0 Å². The molecule has 0 aromatic rings. The predicted molar refractivity (Wildman–Crippen MR) is 115 cm³/mol. The maximum atomic E-state index is 6.02. The van der Waals surface area contributed by atoms with Crippen LogP contribution in [0, 0.1) is 21.7 Å². The topological polar surface area (TPSA) is 18.5 Å². The summed E-state index contributed by atoms with van der Waals surface area (Å²) in [5.74, 6) is 0. The van der Waals surface area contributed by atoms with Crippen LogP contribution in [0.3, 0.4) is 0 Å². The third kappa shape index (κ3) is 13.1. The van der Waals surface area contributed by atoms with Crippen LogP contribution in [0.25, 0.3) is 0 Å². The number of rotatable bonds is 9. The molecular formula is C24H50O2.